The number of halogens is 1. The molecule has 162 valence electrons. The molecule has 32 heavy (non-hydrogen) atoms. The second-order valence-electron chi connectivity index (χ2n) is 7.52. The number of aromatic nitrogens is 1. The van der Waals surface area contributed by atoms with E-state index in [0.717, 1.165) is 23.1 Å². The lowest BCUT2D eigenvalue weighted by molar-refractivity contribution is 0.0977. The van der Waals surface area contributed by atoms with Gasteiger partial charge in [-0.3, -0.25) is 10.1 Å². The molecule has 1 atom stereocenters. The van der Waals surface area contributed by atoms with E-state index in [0.29, 0.717) is 28.1 Å². The van der Waals surface area contributed by atoms with E-state index in [1.807, 2.05) is 18.2 Å². The fraction of sp³-hybridized carbons (Fsp3) is 0.160. The number of carbonyl (C=O) groups excluding carboxylic acids is 1. The molecule has 0 fully saturated rings. The van der Waals surface area contributed by atoms with E-state index in [4.69, 9.17) is 28.2 Å². The summed E-state index contributed by atoms with van der Waals surface area (Å²) in [6, 6.07) is 20.3. The number of rotatable bonds is 5. The third kappa shape index (κ3) is 4.82. The van der Waals surface area contributed by atoms with Crippen LogP contribution in [0.1, 0.15) is 42.1 Å². The van der Waals surface area contributed by atoms with Gasteiger partial charge in [0.25, 0.3) is 5.91 Å². The highest BCUT2D eigenvalue weighted by atomic mass is 35.5. The van der Waals surface area contributed by atoms with Crippen LogP contribution in [0.4, 0.5) is 5.69 Å². The molecule has 0 spiro atoms. The molecule has 0 saturated heterocycles. The van der Waals surface area contributed by atoms with Crippen LogP contribution in [-0.2, 0) is 0 Å². The van der Waals surface area contributed by atoms with E-state index in [9.17, 15) is 4.79 Å². The molecule has 0 radical (unpaired) electrons. The molecule has 7 heteroatoms. The molecule has 0 aliphatic carbocycles. The second kappa shape index (κ2) is 9.51. The van der Waals surface area contributed by atoms with Crippen LogP contribution in [0.3, 0.4) is 0 Å². The van der Waals surface area contributed by atoms with Gasteiger partial charge in [-0.15, -0.1) is 0 Å². The number of nitrogens with zero attached hydrogens (tertiary/aromatic N) is 1. The highest BCUT2D eigenvalue weighted by Crippen LogP contribution is 2.31. The summed E-state index contributed by atoms with van der Waals surface area (Å²) in [5.74, 6) is 0.643. The van der Waals surface area contributed by atoms with Crippen molar-refractivity contribution < 1.29 is 9.21 Å². The summed E-state index contributed by atoms with van der Waals surface area (Å²) in [6.07, 6.45) is 1.06. The molecule has 5 nitrogen and oxygen atoms in total. The Balaban J connectivity index is 1.54. The van der Waals surface area contributed by atoms with Gasteiger partial charge in [0, 0.05) is 11.1 Å². The Morgan fingerprint density at radius 1 is 1.12 bits per heavy atom. The van der Waals surface area contributed by atoms with Gasteiger partial charge >= 0.3 is 0 Å². The minimum absolute atomic E-state index is 0.147. The number of oxazole rings is 1. The van der Waals surface area contributed by atoms with Crippen molar-refractivity contribution >= 4 is 51.6 Å². The zero-order chi connectivity index (χ0) is 22.7. The summed E-state index contributed by atoms with van der Waals surface area (Å²) in [7, 11) is 0. The molecule has 0 aliphatic heterocycles. The summed E-state index contributed by atoms with van der Waals surface area (Å²) < 4.78 is 5.96. The standard InChI is InChI=1S/C25H22ClN3O2S/c1-3-15(2)17-10-12-22-21(13-17)27-24(31-22)18-9-11-19(26)20(14-18)28-25(32)29-23(30)16-7-5-4-6-8-16/h4-15H,3H2,1-2H3,(H2,28,29,30,32). The number of amides is 1. The molecule has 1 amide bonds. The van der Waals surface area contributed by atoms with Crippen molar-refractivity contribution in [2.24, 2.45) is 0 Å². The molecule has 0 bridgehead atoms. The summed E-state index contributed by atoms with van der Waals surface area (Å²) in [6.45, 7) is 4.36. The molecule has 1 heterocycles. The average Bonchev–Trinajstić information content (AvgIpc) is 3.24. The fourth-order valence-corrected chi connectivity index (χ4v) is 3.65. The topological polar surface area (TPSA) is 67.2 Å². The molecular weight excluding hydrogens is 442 g/mol. The summed E-state index contributed by atoms with van der Waals surface area (Å²) in [5, 5.41) is 6.25. The zero-order valence-corrected chi connectivity index (χ0v) is 19.3. The number of carbonyl (C=O) groups is 1. The lowest BCUT2D eigenvalue weighted by Crippen LogP contribution is -2.34. The van der Waals surface area contributed by atoms with Crippen molar-refractivity contribution in [2.75, 3.05) is 5.32 Å². The normalized spacial score (nSPS) is 11.8. The van der Waals surface area contributed by atoms with Gasteiger partial charge in [-0.1, -0.05) is 49.7 Å². The molecule has 0 aliphatic rings. The number of nitrogens with one attached hydrogen (secondary N) is 2. The predicted molar refractivity (Wildman–Crippen MR) is 133 cm³/mol. The van der Waals surface area contributed by atoms with Gasteiger partial charge in [0.05, 0.1) is 10.7 Å². The monoisotopic (exact) mass is 463 g/mol. The van der Waals surface area contributed by atoms with Gasteiger partial charge in [-0.2, -0.15) is 0 Å². The fourth-order valence-electron chi connectivity index (χ4n) is 3.28. The molecule has 3 aromatic carbocycles. The second-order valence-corrected chi connectivity index (χ2v) is 8.34. The third-order valence-corrected chi connectivity index (χ3v) is 5.85. The van der Waals surface area contributed by atoms with E-state index in [-0.39, 0.29) is 11.0 Å². The predicted octanol–water partition coefficient (Wildman–Crippen LogP) is 6.79. The Hall–Kier alpha value is -3.22. The minimum Gasteiger partial charge on any atom is -0.436 e. The smallest absolute Gasteiger partial charge is 0.257 e. The maximum absolute atomic E-state index is 12.3. The Morgan fingerprint density at radius 2 is 1.91 bits per heavy atom. The zero-order valence-electron chi connectivity index (χ0n) is 17.7. The van der Waals surface area contributed by atoms with Gasteiger partial charge in [0.1, 0.15) is 5.52 Å². The van der Waals surface area contributed by atoms with E-state index in [2.05, 4.69) is 41.6 Å². The molecule has 1 unspecified atom stereocenters. The molecular formula is C25H22ClN3O2S. The Labute approximate surface area is 196 Å². The van der Waals surface area contributed by atoms with Crippen LogP contribution < -0.4 is 10.6 Å². The first-order valence-corrected chi connectivity index (χ1v) is 11.1. The van der Waals surface area contributed by atoms with E-state index in [1.54, 1.807) is 36.4 Å². The van der Waals surface area contributed by atoms with Crippen molar-refractivity contribution in [2.45, 2.75) is 26.2 Å². The van der Waals surface area contributed by atoms with Crippen LogP contribution in [0.25, 0.3) is 22.6 Å². The summed E-state index contributed by atoms with van der Waals surface area (Å²) >= 11 is 11.6. The Morgan fingerprint density at radius 3 is 2.66 bits per heavy atom. The van der Waals surface area contributed by atoms with Gasteiger partial charge in [0.2, 0.25) is 5.89 Å². The lowest BCUT2D eigenvalue weighted by Gasteiger charge is -2.11. The van der Waals surface area contributed by atoms with Crippen molar-refractivity contribution in [3.63, 3.8) is 0 Å². The molecule has 4 rings (SSSR count). The molecule has 1 aromatic heterocycles. The largest absolute Gasteiger partial charge is 0.436 e. The van der Waals surface area contributed by atoms with Crippen LogP contribution in [0, 0.1) is 0 Å². The van der Waals surface area contributed by atoms with Crippen LogP contribution in [-0.4, -0.2) is 16.0 Å². The lowest BCUT2D eigenvalue weighted by atomic mass is 9.98. The average molecular weight is 464 g/mol. The summed E-state index contributed by atoms with van der Waals surface area (Å²) in [4.78, 5) is 17.0. The quantitative estimate of drug-likeness (QED) is 0.319. The maximum Gasteiger partial charge on any atom is 0.257 e. The highest BCUT2D eigenvalue weighted by molar-refractivity contribution is 7.80. The summed E-state index contributed by atoms with van der Waals surface area (Å²) in [5.41, 5.74) is 4.58. The SMILES string of the molecule is CCC(C)c1ccc2oc(-c3ccc(Cl)c(NC(=S)NC(=O)c4ccccc4)c3)nc2c1. The van der Waals surface area contributed by atoms with Gasteiger partial charge in [-0.25, -0.2) is 4.98 Å². The Kier molecular flexibility index (Phi) is 6.53. The van der Waals surface area contributed by atoms with Crippen molar-refractivity contribution in [1.29, 1.82) is 0 Å². The highest BCUT2D eigenvalue weighted by Gasteiger charge is 2.14. The van der Waals surface area contributed by atoms with Crippen LogP contribution in [0.2, 0.25) is 5.02 Å². The number of anilines is 1. The van der Waals surface area contributed by atoms with E-state index in [1.165, 1.54) is 5.56 Å². The first-order valence-electron chi connectivity index (χ1n) is 10.3. The van der Waals surface area contributed by atoms with Crippen LogP contribution >= 0.6 is 23.8 Å². The number of benzene rings is 3. The van der Waals surface area contributed by atoms with Crippen LogP contribution in [0.15, 0.2) is 71.1 Å². The molecule has 2 N–H and O–H groups in total. The van der Waals surface area contributed by atoms with Crippen molar-refractivity contribution in [3.8, 4) is 11.5 Å². The van der Waals surface area contributed by atoms with E-state index < -0.39 is 0 Å². The Bertz CT molecular complexity index is 1290. The third-order valence-electron chi connectivity index (χ3n) is 5.32. The van der Waals surface area contributed by atoms with Gasteiger partial charge in [0.15, 0.2) is 10.7 Å². The minimum atomic E-state index is -0.300. The number of thiocarbonyl (C=S) groups is 1. The van der Waals surface area contributed by atoms with E-state index >= 15 is 0 Å². The first-order chi connectivity index (χ1) is 15.4. The number of fused-ring (bicyclic) bond motifs is 1. The van der Waals surface area contributed by atoms with Gasteiger partial charge < -0.3 is 9.73 Å². The first kappa shape index (κ1) is 22.0. The maximum atomic E-state index is 12.3. The molecule has 4 aromatic rings. The van der Waals surface area contributed by atoms with Gasteiger partial charge in [-0.05, 0) is 72.6 Å². The number of hydrogen-bond acceptors (Lipinski definition) is 4. The molecule has 0 saturated carbocycles. The van der Waals surface area contributed by atoms with Crippen molar-refractivity contribution in [1.82, 2.24) is 10.3 Å². The van der Waals surface area contributed by atoms with Crippen molar-refractivity contribution in [3.05, 3.63) is 82.9 Å². The van der Waals surface area contributed by atoms with Crippen LogP contribution in [0.5, 0.6) is 0 Å². The number of hydrogen-bond donors (Lipinski definition) is 2.